The number of alkyl carbamates (subject to hydrolysis) is 1. The van der Waals surface area contributed by atoms with Gasteiger partial charge in [0.15, 0.2) is 16.4 Å². The van der Waals surface area contributed by atoms with Crippen LogP contribution in [0.15, 0.2) is 46.0 Å². The Hall–Kier alpha value is -2.98. The first-order valence-electron chi connectivity index (χ1n) is 9.98. The van der Waals surface area contributed by atoms with E-state index in [0.29, 0.717) is 47.2 Å². The molecule has 0 saturated carbocycles. The summed E-state index contributed by atoms with van der Waals surface area (Å²) < 4.78 is 24.7. The van der Waals surface area contributed by atoms with Gasteiger partial charge in [-0.1, -0.05) is 17.7 Å². The van der Waals surface area contributed by atoms with E-state index >= 15 is 0 Å². The molecule has 1 spiro atoms. The highest BCUT2D eigenvalue weighted by atomic mass is 35.5. The molecule has 1 aromatic heterocycles. The largest absolute Gasteiger partial charge is 0.463 e. The molecule has 1 unspecified atom stereocenters. The van der Waals surface area contributed by atoms with Gasteiger partial charge in [-0.2, -0.15) is 0 Å². The number of nitrogens with one attached hydrogen (secondary N) is 1. The van der Waals surface area contributed by atoms with Crippen molar-refractivity contribution in [2.45, 2.75) is 25.0 Å². The second-order valence-corrected chi connectivity index (χ2v) is 8.93. The zero-order chi connectivity index (χ0) is 22.5. The molecule has 32 heavy (non-hydrogen) atoms. The van der Waals surface area contributed by atoms with E-state index < -0.39 is 29.5 Å². The Morgan fingerprint density at radius 1 is 1.50 bits per heavy atom. The number of hydrogen-bond donors (Lipinski definition) is 1. The molecule has 1 aromatic carbocycles. The molecular weight excluding hydrogens is 459 g/mol. The van der Waals surface area contributed by atoms with Crippen molar-refractivity contribution in [2.24, 2.45) is 4.99 Å². The molecule has 0 radical (unpaired) electrons. The van der Waals surface area contributed by atoms with Crippen LogP contribution < -0.4 is 5.32 Å². The van der Waals surface area contributed by atoms with E-state index in [1.165, 1.54) is 29.5 Å². The number of aromatic nitrogens is 1. The van der Waals surface area contributed by atoms with Crippen molar-refractivity contribution >= 4 is 40.8 Å². The minimum absolute atomic E-state index is 0.148. The van der Waals surface area contributed by atoms with Gasteiger partial charge in [0, 0.05) is 34.3 Å². The van der Waals surface area contributed by atoms with E-state index in [1.807, 2.05) is 10.3 Å². The first kappa shape index (κ1) is 20.9. The summed E-state index contributed by atoms with van der Waals surface area (Å²) in [4.78, 5) is 36.1. The predicted octanol–water partition coefficient (Wildman–Crippen LogP) is 3.44. The number of esters is 1. The Morgan fingerprint density at radius 3 is 3.00 bits per heavy atom. The summed E-state index contributed by atoms with van der Waals surface area (Å²) in [5.74, 6) is -0.503. The number of amides is 1. The summed E-state index contributed by atoms with van der Waals surface area (Å²) in [6.45, 7) is 2.50. The maximum absolute atomic E-state index is 13.7. The molecule has 2 fully saturated rings. The number of hydrogen-bond acceptors (Lipinski definition) is 8. The number of rotatable bonds is 4. The molecule has 3 aliphatic heterocycles. The highest BCUT2D eigenvalue weighted by molar-refractivity contribution is 7.11. The Morgan fingerprint density at radius 2 is 2.34 bits per heavy atom. The molecule has 2 aromatic rings. The monoisotopic (exact) mass is 476 g/mol. The van der Waals surface area contributed by atoms with Crippen LogP contribution in [0.3, 0.4) is 0 Å². The van der Waals surface area contributed by atoms with Gasteiger partial charge >= 0.3 is 12.1 Å². The molecule has 2 atom stereocenters. The Labute approximate surface area is 191 Å². The SMILES string of the molecule is CCOC(=O)C1=C2CC3(CNC(=O)O3)CN2C(c2nccs2)=N[C@H]1c1ccc(F)cc1Cl. The fourth-order valence-electron chi connectivity index (χ4n) is 4.28. The second-order valence-electron chi connectivity index (χ2n) is 7.63. The smallest absolute Gasteiger partial charge is 0.407 e. The maximum Gasteiger partial charge on any atom is 0.407 e. The van der Waals surface area contributed by atoms with Gasteiger partial charge in [-0.3, -0.25) is 4.99 Å². The lowest BCUT2D eigenvalue weighted by Crippen LogP contribution is -2.40. The normalized spacial score (nSPS) is 24.3. The van der Waals surface area contributed by atoms with Crippen LogP contribution >= 0.6 is 22.9 Å². The lowest BCUT2D eigenvalue weighted by Gasteiger charge is -2.31. The lowest BCUT2D eigenvalue weighted by atomic mass is 9.93. The van der Waals surface area contributed by atoms with E-state index in [-0.39, 0.29) is 11.6 Å². The molecule has 2 saturated heterocycles. The molecule has 4 heterocycles. The Balaban J connectivity index is 1.70. The Kier molecular flexibility index (Phi) is 5.13. The van der Waals surface area contributed by atoms with Gasteiger partial charge in [-0.05, 0) is 19.1 Å². The van der Waals surface area contributed by atoms with Crippen molar-refractivity contribution in [2.75, 3.05) is 19.7 Å². The van der Waals surface area contributed by atoms with Crippen LogP contribution in [-0.4, -0.2) is 53.1 Å². The van der Waals surface area contributed by atoms with Crippen LogP contribution in [0.5, 0.6) is 0 Å². The molecule has 11 heteroatoms. The second kappa shape index (κ2) is 7.86. The topological polar surface area (TPSA) is 93.1 Å². The fraction of sp³-hybridized carbons (Fsp3) is 0.333. The quantitative estimate of drug-likeness (QED) is 0.679. The third-order valence-corrected chi connectivity index (χ3v) is 6.69. The average molecular weight is 477 g/mol. The number of carbonyl (C=O) groups is 2. The number of thiazole rings is 1. The number of aliphatic imine (C=N–C) groups is 1. The van der Waals surface area contributed by atoms with Crippen molar-refractivity contribution in [3.8, 4) is 0 Å². The van der Waals surface area contributed by atoms with E-state index in [2.05, 4.69) is 10.3 Å². The third-order valence-electron chi connectivity index (χ3n) is 5.59. The summed E-state index contributed by atoms with van der Waals surface area (Å²) >= 11 is 7.77. The van der Waals surface area contributed by atoms with Gasteiger partial charge in [-0.25, -0.2) is 19.0 Å². The van der Waals surface area contributed by atoms with Gasteiger partial charge < -0.3 is 19.7 Å². The minimum Gasteiger partial charge on any atom is -0.463 e. The van der Waals surface area contributed by atoms with Gasteiger partial charge in [0.2, 0.25) is 0 Å². The van der Waals surface area contributed by atoms with Crippen molar-refractivity contribution < 1.29 is 23.5 Å². The van der Waals surface area contributed by atoms with Crippen LogP contribution in [0.2, 0.25) is 5.02 Å². The van der Waals surface area contributed by atoms with E-state index in [0.717, 1.165) is 0 Å². The van der Waals surface area contributed by atoms with Crippen molar-refractivity contribution in [3.05, 3.63) is 62.5 Å². The zero-order valence-electron chi connectivity index (χ0n) is 16.9. The van der Waals surface area contributed by atoms with Gasteiger partial charge in [0.1, 0.15) is 11.9 Å². The van der Waals surface area contributed by atoms with E-state index in [1.54, 1.807) is 13.1 Å². The van der Waals surface area contributed by atoms with Crippen molar-refractivity contribution in [1.82, 2.24) is 15.2 Å². The Bertz CT molecular complexity index is 1170. The predicted molar refractivity (Wildman–Crippen MR) is 115 cm³/mol. The number of fused-ring (bicyclic) bond motifs is 1. The molecule has 3 aliphatic rings. The molecule has 1 amide bonds. The molecule has 1 N–H and O–H groups in total. The summed E-state index contributed by atoms with van der Waals surface area (Å²) in [7, 11) is 0. The van der Waals surface area contributed by atoms with Crippen LogP contribution in [-0.2, 0) is 14.3 Å². The fourth-order valence-corrected chi connectivity index (χ4v) is 5.19. The van der Waals surface area contributed by atoms with Gasteiger partial charge in [0.25, 0.3) is 0 Å². The average Bonchev–Trinajstić information content (AvgIpc) is 3.47. The summed E-state index contributed by atoms with van der Waals surface area (Å²) in [5.41, 5.74) is 0.551. The summed E-state index contributed by atoms with van der Waals surface area (Å²) in [5, 5.41) is 5.31. The molecular formula is C21H18ClFN4O4S. The van der Waals surface area contributed by atoms with Crippen LogP contribution in [0.25, 0.3) is 0 Å². The number of benzene rings is 1. The maximum atomic E-state index is 13.7. The van der Waals surface area contributed by atoms with Crippen LogP contribution in [0.1, 0.15) is 30.0 Å². The molecule has 5 rings (SSSR count). The highest BCUT2D eigenvalue weighted by Gasteiger charge is 2.53. The van der Waals surface area contributed by atoms with Crippen LogP contribution in [0, 0.1) is 5.82 Å². The van der Waals surface area contributed by atoms with Gasteiger partial charge in [-0.15, -0.1) is 11.3 Å². The highest BCUT2D eigenvalue weighted by Crippen LogP contribution is 2.46. The number of amidine groups is 1. The molecule has 0 aliphatic carbocycles. The van der Waals surface area contributed by atoms with Gasteiger partial charge in [0.05, 0.1) is 25.3 Å². The van der Waals surface area contributed by atoms with Crippen molar-refractivity contribution in [1.29, 1.82) is 0 Å². The minimum atomic E-state index is -0.844. The standard InChI is InChI=1S/C21H18ClFN4O4S/c1-2-30-19(28)15-14-8-21(9-25-20(29)31-21)10-27(14)17(18-24-5-6-32-18)26-16(15)12-4-3-11(23)7-13(12)22/h3-7,16H,2,8-10H2,1H3,(H,25,29)/t16-,21?/m0/s1. The number of carbonyl (C=O) groups excluding carboxylic acids is 2. The summed E-state index contributed by atoms with van der Waals surface area (Å²) in [6, 6.07) is 3.15. The third kappa shape index (κ3) is 3.43. The van der Waals surface area contributed by atoms with Crippen LogP contribution in [0.4, 0.5) is 9.18 Å². The lowest BCUT2D eigenvalue weighted by molar-refractivity contribution is -0.139. The van der Waals surface area contributed by atoms with E-state index in [9.17, 15) is 14.0 Å². The molecule has 8 nitrogen and oxygen atoms in total. The first-order chi connectivity index (χ1) is 15.4. The molecule has 0 bridgehead atoms. The number of nitrogens with zero attached hydrogens (tertiary/aromatic N) is 3. The van der Waals surface area contributed by atoms with E-state index in [4.69, 9.17) is 26.1 Å². The number of ether oxygens (including phenoxy) is 2. The van der Waals surface area contributed by atoms with Crippen molar-refractivity contribution in [3.63, 3.8) is 0 Å². The molecule has 166 valence electrons. The first-order valence-corrected chi connectivity index (χ1v) is 11.2. The summed E-state index contributed by atoms with van der Waals surface area (Å²) in [6.07, 6.45) is 1.45. The number of halogens is 2. The zero-order valence-corrected chi connectivity index (χ0v) is 18.5.